The number of ether oxygens (including phenoxy) is 1. The lowest BCUT2D eigenvalue weighted by Crippen LogP contribution is -2.33. The van der Waals surface area contributed by atoms with E-state index in [0.29, 0.717) is 25.7 Å². The van der Waals surface area contributed by atoms with E-state index in [-0.39, 0.29) is 24.5 Å². The molecule has 0 unspecified atom stereocenters. The molecule has 1 aliphatic rings. The maximum Gasteiger partial charge on any atom is 0.220 e. The van der Waals surface area contributed by atoms with Gasteiger partial charge in [0.1, 0.15) is 5.75 Å². The standard InChI is InChI=1S/C16H23NO4/c1-21-14-5-2-11(3-6-14)4-7-16(20)17-13-8-12(10-18)15(19)9-13/h2-3,5-6,12-13,15,18-19H,4,7-10H2,1H3,(H,17,20)/t12-,13+,15+/m1/s1. The van der Waals surface area contributed by atoms with E-state index in [1.165, 1.54) is 0 Å². The van der Waals surface area contributed by atoms with E-state index < -0.39 is 6.10 Å². The molecule has 1 aliphatic carbocycles. The summed E-state index contributed by atoms with van der Waals surface area (Å²) < 4.78 is 5.09. The molecule has 1 fully saturated rings. The molecule has 0 aliphatic heterocycles. The summed E-state index contributed by atoms with van der Waals surface area (Å²) in [5.74, 6) is 0.677. The Kier molecular flexibility index (Phi) is 5.59. The second-order valence-electron chi connectivity index (χ2n) is 5.59. The Labute approximate surface area is 124 Å². The molecule has 3 atom stereocenters. The summed E-state index contributed by atoms with van der Waals surface area (Å²) in [6, 6.07) is 7.64. The predicted octanol–water partition coefficient (Wildman–Crippen LogP) is 0.876. The van der Waals surface area contributed by atoms with Gasteiger partial charge in [-0.25, -0.2) is 0 Å². The summed E-state index contributed by atoms with van der Waals surface area (Å²) >= 11 is 0. The molecule has 0 heterocycles. The molecular weight excluding hydrogens is 270 g/mol. The third-order valence-electron chi connectivity index (χ3n) is 4.06. The third kappa shape index (κ3) is 4.44. The Bertz CT molecular complexity index is 460. The van der Waals surface area contributed by atoms with Crippen LogP contribution < -0.4 is 10.1 Å². The Hall–Kier alpha value is -1.59. The van der Waals surface area contributed by atoms with Crippen molar-refractivity contribution in [3.8, 4) is 5.75 Å². The van der Waals surface area contributed by atoms with Gasteiger partial charge in [-0.15, -0.1) is 0 Å². The zero-order valence-electron chi connectivity index (χ0n) is 12.3. The van der Waals surface area contributed by atoms with Crippen LogP contribution in [0.3, 0.4) is 0 Å². The van der Waals surface area contributed by atoms with Crippen molar-refractivity contribution in [1.82, 2.24) is 5.32 Å². The first-order chi connectivity index (χ1) is 10.1. The van der Waals surface area contributed by atoms with E-state index >= 15 is 0 Å². The number of nitrogens with one attached hydrogen (secondary N) is 1. The van der Waals surface area contributed by atoms with Crippen LogP contribution in [0.4, 0.5) is 0 Å². The van der Waals surface area contributed by atoms with Gasteiger partial charge in [-0.05, 0) is 37.0 Å². The average Bonchev–Trinajstić information content (AvgIpc) is 2.85. The molecule has 5 nitrogen and oxygen atoms in total. The quantitative estimate of drug-likeness (QED) is 0.727. The number of benzene rings is 1. The summed E-state index contributed by atoms with van der Waals surface area (Å²) in [5, 5.41) is 21.7. The molecule has 0 saturated heterocycles. The molecule has 1 aromatic carbocycles. The number of aliphatic hydroxyl groups excluding tert-OH is 2. The molecule has 21 heavy (non-hydrogen) atoms. The second kappa shape index (κ2) is 7.43. The van der Waals surface area contributed by atoms with Crippen molar-refractivity contribution in [1.29, 1.82) is 0 Å². The van der Waals surface area contributed by atoms with Gasteiger partial charge in [-0.1, -0.05) is 12.1 Å². The molecule has 1 aromatic rings. The third-order valence-corrected chi connectivity index (χ3v) is 4.06. The monoisotopic (exact) mass is 293 g/mol. The maximum absolute atomic E-state index is 11.9. The summed E-state index contributed by atoms with van der Waals surface area (Å²) in [7, 11) is 1.62. The molecule has 0 aromatic heterocycles. The van der Waals surface area contributed by atoms with Crippen LogP contribution in [0, 0.1) is 5.92 Å². The molecule has 116 valence electrons. The molecule has 1 amide bonds. The number of hydrogen-bond acceptors (Lipinski definition) is 4. The van der Waals surface area contributed by atoms with Gasteiger partial charge in [0.25, 0.3) is 0 Å². The van der Waals surface area contributed by atoms with Crippen LogP contribution in [0.25, 0.3) is 0 Å². The van der Waals surface area contributed by atoms with E-state index in [1.54, 1.807) is 7.11 Å². The van der Waals surface area contributed by atoms with Crippen LogP contribution in [0.1, 0.15) is 24.8 Å². The van der Waals surface area contributed by atoms with Crippen molar-refractivity contribution < 1.29 is 19.7 Å². The highest BCUT2D eigenvalue weighted by molar-refractivity contribution is 5.76. The number of methoxy groups -OCH3 is 1. The summed E-state index contributed by atoms with van der Waals surface area (Å²) in [5.41, 5.74) is 1.09. The van der Waals surface area contributed by atoms with Gasteiger partial charge in [-0.3, -0.25) is 4.79 Å². The zero-order chi connectivity index (χ0) is 15.2. The van der Waals surface area contributed by atoms with Crippen LogP contribution in [0.2, 0.25) is 0 Å². The number of aliphatic hydroxyl groups is 2. The van der Waals surface area contributed by atoms with Crippen LogP contribution in [-0.2, 0) is 11.2 Å². The highest BCUT2D eigenvalue weighted by atomic mass is 16.5. The van der Waals surface area contributed by atoms with Gasteiger partial charge in [0, 0.05) is 25.0 Å². The van der Waals surface area contributed by atoms with Gasteiger partial charge >= 0.3 is 0 Å². The van der Waals surface area contributed by atoms with Crippen molar-refractivity contribution in [2.75, 3.05) is 13.7 Å². The van der Waals surface area contributed by atoms with Gasteiger partial charge in [-0.2, -0.15) is 0 Å². The minimum Gasteiger partial charge on any atom is -0.497 e. The number of aryl methyl sites for hydroxylation is 1. The normalized spacial score (nSPS) is 24.8. The summed E-state index contributed by atoms with van der Waals surface area (Å²) in [6.45, 7) is -0.0284. The topological polar surface area (TPSA) is 78.8 Å². The van der Waals surface area contributed by atoms with Gasteiger partial charge < -0.3 is 20.3 Å². The SMILES string of the molecule is COc1ccc(CCC(=O)N[C@H]2C[C@H](CO)[C@@H](O)C2)cc1. The average molecular weight is 293 g/mol. The number of carbonyl (C=O) groups is 1. The highest BCUT2D eigenvalue weighted by Gasteiger charge is 2.32. The lowest BCUT2D eigenvalue weighted by molar-refractivity contribution is -0.121. The first-order valence-electron chi connectivity index (χ1n) is 7.33. The Morgan fingerprint density at radius 1 is 1.33 bits per heavy atom. The van der Waals surface area contributed by atoms with Crippen LogP contribution >= 0.6 is 0 Å². The lowest BCUT2D eigenvalue weighted by Gasteiger charge is -2.12. The fourth-order valence-electron chi connectivity index (χ4n) is 2.77. The molecule has 1 saturated carbocycles. The Balaban J connectivity index is 1.74. The minimum atomic E-state index is -0.512. The zero-order valence-corrected chi connectivity index (χ0v) is 12.3. The van der Waals surface area contributed by atoms with Gasteiger partial charge in [0.2, 0.25) is 5.91 Å². The molecule has 2 rings (SSSR count). The number of amides is 1. The lowest BCUT2D eigenvalue weighted by atomic mass is 10.1. The molecule has 0 radical (unpaired) electrons. The predicted molar refractivity (Wildman–Crippen MR) is 79.1 cm³/mol. The minimum absolute atomic E-state index is 0.0124. The van der Waals surface area contributed by atoms with E-state index in [4.69, 9.17) is 9.84 Å². The summed E-state index contributed by atoms with van der Waals surface area (Å²) in [4.78, 5) is 11.9. The number of rotatable bonds is 6. The first kappa shape index (κ1) is 15.8. The largest absolute Gasteiger partial charge is 0.497 e. The molecule has 3 N–H and O–H groups in total. The first-order valence-corrected chi connectivity index (χ1v) is 7.33. The van der Waals surface area contributed by atoms with Crippen molar-refractivity contribution in [3.05, 3.63) is 29.8 Å². The molecule has 5 heteroatoms. The van der Waals surface area contributed by atoms with E-state index in [0.717, 1.165) is 11.3 Å². The van der Waals surface area contributed by atoms with E-state index in [2.05, 4.69) is 5.32 Å². The molecule has 0 spiro atoms. The second-order valence-corrected chi connectivity index (χ2v) is 5.59. The van der Waals surface area contributed by atoms with Crippen molar-refractivity contribution >= 4 is 5.91 Å². The van der Waals surface area contributed by atoms with Crippen LogP contribution in [0.15, 0.2) is 24.3 Å². The maximum atomic E-state index is 11.9. The van der Waals surface area contributed by atoms with E-state index in [9.17, 15) is 9.90 Å². The molecule has 0 bridgehead atoms. The smallest absolute Gasteiger partial charge is 0.220 e. The number of hydrogen-bond donors (Lipinski definition) is 3. The Morgan fingerprint density at radius 3 is 2.62 bits per heavy atom. The highest BCUT2D eigenvalue weighted by Crippen LogP contribution is 2.25. The fourth-order valence-corrected chi connectivity index (χ4v) is 2.77. The van der Waals surface area contributed by atoms with Crippen molar-refractivity contribution in [3.63, 3.8) is 0 Å². The number of carbonyl (C=O) groups excluding carboxylic acids is 1. The molecular formula is C16H23NO4. The summed E-state index contributed by atoms with van der Waals surface area (Å²) in [6.07, 6.45) is 1.75. The Morgan fingerprint density at radius 2 is 2.05 bits per heavy atom. The van der Waals surface area contributed by atoms with Crippen LogP contribution in [0.5, 0.6) is 5.75 Å². The van der Waals surface area contributed by atoms with Crippen molar-refractivity contribution in [2.45, 2.75) is 37.8 Å². The van der Waals surface area contributed by atoms with Crippen LogP contribution in [-0.4, -0.2) is 42.0 Å². The van der Waals surface area contributed by atoms with Gasteiger partial charge in [0.05, 0.1) is 13.2 Å². The fraction of sp³-hybridized carbons (Fsp3) is 0.562. The van der Waals surface area contributed by atoms with E-state index in [1.807, 2.05) is 24.3 Å². The van der Waals surface area contributed by atoms with Gasteiger partial charge in [0.15, 0.2) is 0 Å². The van der Waals surface area contributed by atoms with Crippen molar-refractivity contribution in [2.24, 2.45) is 5.92 Å².